The van der Waals surface area contributed by atoms with Crippen LogP contribution in [0.1, 0.15) is 40.0 Å². The quantitative estimate of drug-likeness (QED) is 0.829. The molecule has 2 heterocycles. The molecule has 1 fully saturated rings. The number of halogens is 1. The van der Waals surface area contributed by atoms with Gasteiger partial charge in [-0.25, -0.2) is 0 Å². The van der Waals surface area contributed by atoms with Crippen LogP contribution in [0.5, 0.6) is 0 Å². The monoisotopic (exact) mass is 350 g/mol. The molecule has 2 aliphatic rings. The lowest BCUT2D eigenvalue weighted by molar-refractivity contribution is -0.120. The average molecular weight is 351 g/mol. The lowest BCUT2D eigenvalue weighted by Gasteiger charge is -2.20. The van der Waals surface area contributed by atoms with Crippen molar-refractivity contribution in [2.75, 3.05) is 13.1 Å². The van der Waals surface area contributed by atoms with Crippen LogP contribution in [0.15, 0.2) is 22.7 Å². The molecule has 0 aromatic heterocycles. The van der Waals surface area contributed by atoms with Crippen LogP contribution in [0.3, 0.4) is 0 Å². The molecule has 5 nitrogen and oxygen atoms in total. The molecule has 0 spiro atoms. The van der Waals surface area contributed by atoms with Gasteiger partial charge in [0.25, 0.3) is 11.8 Å². The summed E-state index contributed by atoms with van der Waals surface area (Å²) in [5, 5.41) is 2.81. The number of fused-ring (bicyclic) bond motifs is 1. The normalized spacial score (nSPS) is 22.0. The minimum Gasteiger partial charge on any atom is -0.356 e. The minimum absolute atomic E-state index is 0.0452. The van der Waals surface area contributed by atoms with Crippen LogP contribution in [0.4, 0.5) is 0 Å². The van der Waals surface area contributed by atoms with E-state index < -0.39 is 0 Å². The number of hydrogen-bond donors (Lipinski definition) is 1. The van der Waals surface area contributed by atoms with E-state index in [0.29, 0.717) is 37.1 Å². The van der Waals surface area contributed by atoms with Gasteiger partial charge >= 0.3 is 0 Å². The smallest absolute Gasteiger partial charge is 0.261 e. The third kappa shape index (κ3) is 2.72. The van der Waals surface area contributed by atoms with Crippen molar-refractivity contribution < 1.29 is 14.4 Å². The second kappa shape index (κ2) is 5.60. The first-order valence-corrected chi connectivity index (χ1v) is 7.78. The van der Waals surface area contributed by atoms with Crippen molar-refractivity contribution >= 4 is 33.7 Å². The minimum atomic E-state index is -0.236. The molecule has 0 saturated carbocycles. The van der Waals surface area contributed by atoms with Crippen molar-refractivity contribution in [1.29, 1.82) is 0 Å². The van der Waals surface area contributed by atoms with E-state index in [4.69, 9.17) is 0 Å². The predicted molar refractivity (Wildman–Crippen MR) is 79.9 cm³/mol. The molecular formula is C15H15BrN2O3. The number of amides is 3. The molecule has 0 aliphatic carbocycles. The van der Waals surface area contributed by atoms with Crippen molar-refractivity contribution in [2.45, 2.75) is 19.3 Å². The molecule has 6 heteroatoms. The number of benzene rings is 1. The van der Waals surface area contributed by atoms with Gasteiger partial charge in [-0.05, 0) is 37.0 Å². The number of hydrogen-bond acceptors (Lipinski definition) is 3. The summed E-state index contributed by atoms with van der Waals surface area (Å²) in [5.74, 6) is -0.246. The second-order valence-electron chi connectivity index (χ2n) is 5.45. The van der Waals surface area contributed by atoms with Gasteiger partial charge < -0.3 is 5.32 Å². The molecule has 0 bridgehead atoms. The zero-order valence-corrected chi connectivity index (χ0v) is 13.0. The van der Waals surface area contributed by atoms with Crippen molar-refractivity contribution in [3.63, 3.8) is 0 Å². The number of nitrogens with zero attached hydrogens (tertiary/aromatic N) is 1. The van der Waals surface area contributed by atoms with E-state index in [0.717, 1.165) is 10.9 Å². The Balaban J connectivity index is 1.77. The summed E-state index contributed by atoms with van der Waals surface area (Å²) in [5.41, 5.74) is 0.920. The third-order valence-electron chi connectivity index (χ3n) is 4.03. The van der Waals surface area contributed by atoms with Crippen LogP contribution in [0, 0.1) is 5.92 Å². The topological polar surface area (TPSA) is 66.5 Å². The highest BCUT2D eigenvalue weighted by Gasteiger charge is 2.36. The fourth-order valence-electron chi connectivity index (χ4n) is 2.85. The molecular weight excluding hydrogens is 336 g/mol. The summed E-state index contributed by atoms with van der Waals surface area (Å²) in [6.45, 7) is 0.997. The number of nitrogens with one attached hydrogen (secondary N) is 1. The van der Waals surface area contributed by atoms with Crippen LogP contribution >= 0.6 is 15.9 Å². The SMILES string of the molecule is O=C1CCC(CN2C(=O)c3ccc(Br)cc3C2=O)CCN1. The largest absolute Gasteiger partial charge is 0.356 e. The van der Waals surface area contributed by atoms with Crippen molar-refractivity contribution in [3.8, 4) is 0 Å². The van der Waals surface area contributed by atoms with Crippen molar-refractivity contribution in [2.24, 2.45) is 5.92 Å². The highest BCUT2D eigenvalue weighted by Crippen LogP contribution is 2.28. The van der Waals surface area contributed by atoms with Gasteiger partial charge in [-0.3, -0.25) is 19.3 Å². The molecule has 110 valence electrons. The fourth-order valence-corrected chi connectivity index (χ4v) is 3.21. The first-order valence-electron chi connectivity index (χ1n) is 6.98. The summed E-state index contributed by atoms with van der Waals surface area (Å²) in [7, 11) is 0. The first kappa shape index (κ1) is 14.3. The Morgan fingerprint density at radius 3 is 2.71 bits per heavy atom. The standard InChI is InChI=1S/C15H15BrN2O3/c16-10-2-3-11-12(7-10)15(21)18(14(11)20)8-9-1-4-13(19)17-6-5-9/h2-3,7,9H,1,4-6,8H2,(H,17,19). The summed E-state index contributed by atoms with van der Waals surface area (Å²) in [4.78, 5) is 37.4. The number of carbonyl (C=O) groups excluding carboxylic acids is 3. The summed E-state index contributed by atoms with van der Waals surface area (Å²) in [6.07, 6.45) is 1.96. The van der Waals surface area contributed by atoms with Gasteiger partial charge in [-0.2, -0.15) is 0 Å². The maximum absolute atomic E-state index is 12.4. The van der Waals surface area contributed by atoms with Crippen LogP contribution < -0.4 is 5.32 Å². The van der Waals surface area contributed by atoms with E-state index in [1.807, 2.05) is 0 Å². The summed E-state index contributed by atoms with van der Waals surface area (Å²) < 4.78 is 0.786. The molecule has 1 unspecified atom stereocenters. The summed E-state index contributed by atoms with van der Waals surface area (Å²) >= 11 is 3.32. The number of carbonyl (C=O) groups is 3. The zero-order valence-electron chi connectivity index (χ0n) is 11.4. The fraction of sp³-hybridized carbons (Fsp3) is 0.400. The molecule has 3 amide bonds. The van der Waals surface area contributed by atoms with Crippen LogP contribution in [-0.2, 0) is 4.79 Å². The van der Waals surface area contributed by atoms with Gasteiger partial charge in [-0.1, -0.05) is 15.9 Å². The molecule has 1 aromatic carbocycles. The Hall–Kier alpha value is -1.69. The maximum atomic E-state index is 12.4. The highest BCUT2D eigenvalue weighted by atomic mass is 79.9. The van der Waals surface area contributed by atoms with E-state index in [9.17, 15) is 14.4 Å². The lowest BCUT2D eigenvalue weighted by Crippen LogP contribution is -2.34. The molecule has 0 radical (unpaired) electrons. The molecule has 2 aliphatic heterocycles. The Bertz CT molecular complexity index is 629. The highest BCUT2D eigenvalue weighted by molar-refractivity contribution is 9.10. The van der Waals surface area contributed by atoms with Crippen LogP contribution in [0.25, 0.3) is 0 Å². The lowest BCUT2D eigenvalue weighted by atomic mass is 10.00. The van der Waals surface area contributed by atoms with E-state index in [-0.39, 0.29) is 23.6 Å². The second-order valence-corrected chi connectivity index (χ2v) is 6.37. The Morgan fingerprint density at radius 2 is 1.90 bits per heavy atom. The Morgan fingerprint density at radius 1 is 1.14 bits per heavy atom. The van der Waals surface area contributed by atoms with Gasteiger partial charge in [0, 0.05) is 24.0 Å². The average Bonchev–Trinajstić information content (AvgIpc) is 2.61. The Kier molecular flexibility index (Phi) is 3.80. The van der Waals surface area contributed by atoms with E-state index >= 15 is 0 Å². The van der Waals surface area contributed by atoms with Crippen molar-refractivity contribution in [3.05, 3.63) is 33.8 Å². The molecule has 1 N–H and O–H groups in total. The number of rotatable bonds is 2. The molecule has 1 aromatic rings. The van der Waals surface area contributed by atoms with Gasteiger partial charge in [0.2, 0.25) is 5.91 Å². The van der Waals surface area contributed by atoms with Gasteiger partial charge in [0.05, 0.1) is 11.1 Å². The molecule has 3 rings (SSSR count). The zero-order chi connectivity index (χ0) is 15.0. The Labute approximate surface area is 130 Å². The number of imide groups is 1. The van der Waals surface area contributed by atoms with Gasteiger partial charge in [0.15, 0.2) is 0 Å². The van der Waals surface area contributed by atoms with E-state index in [1.54, 1.807) is 18.2 Å². The van der Waals surface area contributed by atoms with Gasteiger partial charge in [0.1, 0.15) is 0 Å². The van der Waals surface area contributed by atoms with Gasteiger partial charge in [-0.15, -0.1) is 0 Å². The maximum Gasteiger partial charge on any atom is 0.261 e. The van der Waals surface area contributed by atoms with Crippen LogP contribution in [-0.4, -0.2) is 35.7 Å². The van der Waals surface area contributed by atoms with Crippen LogP contribution in [0.2, 0.25) is 0 Å². The third-order valence-corrected chi connectivity index (χ3v) is 4.52. The summed E-state index contributed by atoms with van der Waals surface area (Å²) in [6, 6.07) is 5.13. The molecule has 1 saturated heterocycles. The molecule has 1 atom stereocenters. The van der Waals surface area contributed by atoms with E-state index in [2.05, 4.69) is 21.2 Å². The van der Waals surface area contributed by atoms with E-state index in [1.165, 1.54) is 4.90 Å². The molecule has 21 heavy (non-hydrogen) atoms. The van der Waals surface area contributed by atoms with Crippen molar-refractivity contribution in [1.82, 2.24) is 10.2 Å². The first-order chi connectivity index (χ1) is 10.1. The predicted octanol–water partition coefficient (Wildman–Crippen LogP) is 1.96.